The maximum Gasteiger partial charge on any atom is 0.312 e. The Kier molecular flexibility index (Phi) is 2.87. The highest BCUT2D eigenvalue weighted by atomic mass is 16.4. The number of rotatable bonds is 2. The van der Waals surface area contributed by atoms with Crippen molar-refractivity contribution < 1.29 is 9.21 Å². The number of nitrogens with one attached hydrogen (secondary N) is 1. The van der Waals surface area contributed by atoms with Crippen LogP contribution in [0.1, 0.15) is 12.8 Å². The molecular weight excluding hydrogens is 172 g/mol. The summed E-state index contributed by atoms with van der Waals surface area (Å²) in [5.74, 6) is 4.62. The van der Waals surface area contributed by atoms with Gasteiger partial charge in [0, 0.05) is 0 Å². The molecule has 3 N–H and O–H groups in total. The zero-order valence-electron chi connectivity index (χ0n) is 7.00. The van der Waals surface area contributed by atoms with Gasteiger partial charge in [-0.25, -0.2) is 0 Å². The molecule has 0 radical (unpaired) electrons. The van der Waals surface area contributed by atoms with Crippen molar-refractivity contribution in [3.05, 3.63) is 5.89 Å². The number of carbonyl (C=O) groups is 1. The summed E-state index contributed by atoms with van der Waals surface area (Å²) in [7, 11) is 0. The van der Waals surface area contributed by atoms with Crippen LogP contribution in [-0.4, -0.2) is 16.1 Å². The molecule has 0 bridgehead atoms. The lowest BCUT2D eigenvalue weighted by molar-refractivity contribution is -0.115. The van der Waals surface area contributed by atoms with Gasteiger partial charge in [-0.2, -0.15) is 0 Å². The van der Waals surface area contributed by atoms with Crippen molar-refractivity contribution in [3.8, 4) is 11.8 Å². The van der Waals surface area contributed by atoms with Crippen LogP contribution in [0.2, 0.25) is 0 Å². The van der Waals surface area contributed by atoms with Gasteiger partial charge in [-0.1, -0.05) is 11.0 Å². The third kappa shape index (κ3) is 2.83. The van der Waals surface area contributed by atoms with E-state index in [0.717, 1.165) is 0 Å². The van der Waals surface area contributed by atoms with E-state index in [1.54, 1.807) is 6.92 Å². The van der Waals surface area contributed by atoms with Crippen molar-refractivity contribution in [2.75, 3.05) is 5.73 Å². The van der Waals surface area contributed by atoms with E-state index in [9.17, 15) is 4.79 Å². The molecule has 1 heterocycles. The number of hydrogen-bond acceptors (Lipinski definition) is 5. The second-order valence-corrected chi connectivity index (χ2v) is 2.09. The van der Waals surface area contributed by atoms with Crippen LogP contribution >= 0.6 is 0 Å². The molecule has 0 fully saturated rings. The monoisotopic (exact) mass is 180 g/mol. The second kappa shape index (κ2) is 4.11. The first-order valence-electron chi connectivity index (χ1n) is 3.51. The Morgan fingerprint density at radius 2 is 2.46 bits per heavy atom. The second-order valence-electron chi connectivity index (χ2n) is 2.09. The average molecular weight is 180 g/mol. The minimum atomic E-state index is -0.390. The molecule has 0 spiro atoms. The lowest BCUT2D eigenvalue weighted by Crippen LogP contribution is -2.20. The lowest BCUT2D eigenvalue weighted by Gasteiger charge is -1.93. The van der Waals surface area contributed by atoms with Gasteiger partial charge >= 0.3 is 6.01 Å². The highest BCUT2D eigenvalue weighted by molar-refractivity contribution is 5.93. The van der Waals surface area contributed by atoms with Gasteiger partial charge in [-0.05, 0) is 12.8 Å². The maximum absolute atomic E-state index is 10.8. The molecule has 6 heteroatoms. The Bertz CT molecular complexity index is 360. The minimum Gasteiger partial charge on any atom is -0.406 e. The molecule has 6 nitrogen and oxygen atoms in total. The Morgan fingerprint density at radius 3 is 3.00 bits per heavy atom. The van der Waals surface area contributed by atoms with Gasteiger partial charge in [0.05, 0.1) is 6.54 Å². The predicted octanol–water partition coefficient (Wildman–Crippen LogP) is -0.709. The quantitative estimate of drug-likeness (QED) is 0.586. The highest BCUT2D eigenvalue weighted by Gasteiger charge is 2.03. The highest BCUT2D eigenvalue weighted by Crippen LogP contribution is 1.98. The first kappa shape index (κ1) is 9.06. The zero-order chi connectivity index (χ0) is 9.68. The van der Waals surface area contributed by atoms with Crippen molar-refractivity contribution >= 4 is 11.9 Å². The smallest absolute Gasteiger partial charge is 0.312 e. The van der Waals surface area contributed by atoms with E-state index >= 15 is 0 Å². The number of carbonyl (C=O) groups excluding carboxylic acids is 1. The molecule has 0 saturated heterocycles. The standard InChI is InChI=1S/C7H8N4O2/c1-2-3-5(12)9-4-6-10-11-7(8)13-6/h4H2,1H3,(H2,8,11)(H,9,12). The molecule has 0 atom stereocenters. The molecule has 0 unspecified atom stereocenters. The van der Waals surface area contributed by atoms with Crippen molar-refractivity contribution in [2.45, 2.75) is 13.5 Å². The third-order valence-electron chi connectivity index (χ3n) is 1.12. The van der Waals surface area contributed by atoms with Crippen molar-refractivity contribution in [3.63, 3.8) is 0 Å². The van der Waals surface area contributed by atoms with Crippen LogP contribution in [0.5, 0.6) is 0 Å². The van der Waals surface area contributed by atoms with E-state index in [2.05, 4.69) is 27.4 Å². The van der Waals surface area contributed by atoms with Crippen LogP contribution in [0.25, 0.3) is 0 Å². The number of hydrogen-bond donors (Lipinski definition) is 2. The Labute approximate surface area is 74.5 Å². The van der Waals surface area contributed by atoms with E-state index in [0.29, 0.717) is 0 Å². The number of anilines is 1. The van der Waals surface area contributed by atoms with E-state index in [4.69, 9.17) is 10.2 Å². The summed E-state index contributed by atoms with van der Waals surface area (Å²) in [5.41, 5.74) is 5.16. The minimum absolute atomic E-state index is 0.0224. The Balaban J connectivity index is 2.42. The summed E-state index contributed by atoms with van der Waals surface area (Å²) in [4.78, 5) is 10.8. The van der Waals surface area contributed by atoms with Crippen LogP contribution in [0.3, 0.4) is 0 Å². The summed E-state index contributed by atoms with van der Waals surface area (Å²) >= 11 is 0. The van der Waals surface area contributed by atoms with Crippen molar-refractivity contribution in [2.24, 2.45) is 0 Å². The van der Waals surface area contributed by atoms with Gasteiger partial charge in [0.1, 0.15) is 0 Å². The molecule has 1 amide bonds. The molecular formula is C7H8N4O2. The normalized spacial score (nSPS) is 8.69. The fraction of sp³-hybridized carbons (Fsp3) is 0.286. The van der Waals surface area contributed by atoms with Crippen LogP contribution < -0.4 is 11.1 Å². The maximum atomic E-state index is 10.8. The van der Waals surface area contributed by atoms with E-state index in [1.165, 1.54) is 0 Å². The molecule has 1 aromatic heterocycles. The van der Waals surface area contributed by atoms with Crippen molar-refractivity contribution in [1.29, 1.82) is 0 Å². The first-order chi connectivity index (χ1) is 6.22. The fourth-order valence-corrected chi connectivity index (χ4v) is 0.652. The number of aromatic nitrogens is 2. The Morgan fingerprint density at radius 1 is 1.69 bits per heavy atom. The van der Waals surface area contributed by atoms with Gasteiger partial charge in [0.2, 0.25) is 5.89 Å². The van der Waals surface area contributed by atoms with Crippen molar-refractivity contribution in [1.82, 2.24) is 15.5 Å². The van der Waals surface area contributed by atoms with E-state index < -0.39 is 0 Å². The molecule has 13 heavy (non-hydrogen) atoms. The largest absolute Gasteiger partial charge is 0.406 e. The van der Waals surface area contributed by atoms with E-state index in [-0.39, 0.29) is 24.4 Å². The van der Waals surface area contributed by atoms with Gasteiger partial charge in [0.15, 0.2) is 0 Å². The third-order valence-corrected chi connectivity index (χ3v) is 1.12. The summed E-state index contributed by atoms with van der Waals surface area (Å²) in [5, 5.41) is 9.41. The molecule has 1 aromatic rings. The molecule has 1 rings (SSSR count). The molecule has 68 valence electrons. The summed E-state index contributed by atoms with van der Waals surface area (Å²) in [6.45, 7) is 1.71. The predicted molar refractivity (Wildman–Crippen MR) is 44.0 cm³/mol. The number of nitrogens with zero attached hydrogens (tertiary/aromatic N) is 2. The summed E-state index contributed by atoms with van der Waals surface area (Å²) in [6, 6.07) is -0.0224. The molecule has 0 aromatic carbocycles. The topological polar surface area (TPSA) is 94.0 Å². The van der Waals surface area contributed by atoms with Gasteiger partial charge < -0.3 is 15.5 Å². The van der Waals surface area contributed by atoms with Crippen LogP contribution in [0.4, 0.5) is 6.01 Å². The van der Waals surface area contributed by atoms with Gasteiger partial charge in [-0.3, -0.25) is 4.79 Å². The summed E-state index contributed by atoms with van der Waals surface area (Å²) in [6.07, 6.45) is 0. The first-order valence-corrected chi connectivity index (χ1v) is 3.51. The van der Waals surface area contributed by atoms with Crippen LogP contribution in [-0.2, 0) is 11.3 Å². The summed E-state index contributed by atoms with van der Waals surface area (Å²) < 4.78 is 4.80. The number of amides is 1. The molecule has 0 aliphatic heterocycles. The van der Waals surface area contributed by atoms with Gasteiger partial charge in [-0.15, -0.1) is 5.10 Å². The zero-order valence-corrected chi connectivity index (χ0v) is 7.00. The SMILES string of the molecule is CC#CC(=O)NCc1nnc(N)o1. The fourth-order valence-electron chi connectivity index (χ4n) is 0.652. The average Bonchev–Trinajstić information content (AvgIpc) is 2.49. The van der Waals surface area contributed by atoms with Gasteiger partial charge in [0.25, 0.3) is 5.91 Å². The van der Waals surface area contributed by atoms with Crippen LogP contribution in [0, 0.1) is 11.8 Å². The van der Waals surface area contributed by atoms with E-state index in [1.807, 2.05) is 0 Å². The van der Waals surface area contributed by atoms with Crippen LogP contribution in [0.15, 0.2) is 4.42 Å². The molecule has 0 saturated carbocycles. The molecule has 0 aliphatic rings. The number of nitrogens with two attached hydrogens (primary N) is 1. The lowest BCUT2D eigenvalue weighted by atomic mass is 10.5. The molecule has 0 aliphatic carbocycles. The Hall–Kier alpha value is -2.03. The number of nitrogen functional groups attached to an aromatic ring is 1.